The lowest BCUT2D eigenvalue weighted by Gasteiger charge is -2.05. The summed E-state index contributed by atoms with van der Waals surface area (Å²) in [6, 6.07) is 14.4. The lowest BCUT2D eigenvalue weighted by molar-refractivity contribution is 0.475. The molecule has 0 saturated carbocycles. The van der Waals surface area contributed by atoms with E-state index in [-0.39, 0.29) is 5.75 Å². The minimum atomic E-state index is 0.260. The van der Waals surface area contributed by atoms with Crippen LogP contribution in [0.25, 0.3) is 0 Å². The number of phenols is 1. The molecule has 0 aliphatic carbocycles. The Labute approximate surface area is 115 Å². The number of nitriles is 1. The van der Waals surface area contributed by atoms with E-state index in [4.69, 9.17) is 16.9 Å². The van der Waals surface area contributed by atoms with Gasteiger partial charge in [0.2, 0.25) is 0 Å². The molecule has 0 fully saturated rings. The van der Waals surface area contributed by atoms with Crippen molar-refractivity contribution in [1.82, 2.24) is 0 Å². The zero-order chi connectivity index (χ0) is 13.0. The predicted molar refractivity (Wildman–Crippen MR) is 73.8 cm³/mol. The SMILES string of the molecule is N#Cc1ccc(CSc2ccc(O)cc2)c(Cl)c1. The molecule has 90 valence electrons. The van der Waals surface area contributed by atoms with Gasteiger partial charge in [0.1, 0.15) is 5.75 Å². The number of hydrogen-bond acceptors (Lipinski definition) is 3. The van der Waals surface area contributed by atoms with Crippen molar-refractivity contribution < 1.29 is 5.11 Å². The summed E-state index contributed by atoms with van der Waals surface area (Å²) >= 11 is 7.73. The molecule has 0 aliphatic rings. The van der Waals surface area contributed by atoms with Crippen molar-refractivity contribution in [2.75, 3.05) is 0 Å². The first-order valence-corrected chi connectivity index (χ1v) is 6.66. The summed E-state index contributed by atoms with van der Waals surface area (Å²) in [6.07, 6.45) is 0. The van der Waals surface area contributed by atoms with Crippen LogP contribution in [0.15, 0.2) is 47.4 Å². The molecule has 4 heteroatoms. The monoisotopic (exact) mass is 275 g/mol. The summed E-state index contributed by atoms with van der Waals surface area (Å²) in [7, 11) is 0. The Hall–Kier alpha value is -1.63. The van der Waals surface area contributed by atoms with Crippen LogP contribution in [-0.4, -0.2) is 5.11 Å². The van der Waals surface area contributed by atoms with Gasteiger partial charge in [-0.3, -0.25) is 0 Å². The highest BCUT2D eigenvalue weighted by Crippen LogP contribution is 2.28. The van der Waals surface area contributed by atoms with Crippen LogP contribution in [0.3, 0.4) is 0 Å². The van der Waals surface area contributed by atoms with Gasteiger partial charge in [-0.2, -0.15) is 5.26 Å². The Balaban J connectivity index is 2.06. The standard InChI is InChI=1S/C14H10ClNOS/c15-14-7-10(8-16)1-2-11(14)9-18-13-5-3-12(17)4-6-13/h1-7,17H,9H2. The number of aromatic hydroxyl groups is 1. The first-order chi connectivity index (χ1) is 8.69. The van der Waals surface area contributed by atoms with E-state index in [0.717, 1.165) is 16.2 Å². The van der Waals surface area contributed by atoms with Gasteiger partial charge in [0.15, 0.2) is 0 Å². The molecule has 0 atom stereocenters. The zero-order valence-corrected chi connectivity index (χ0v) is 11.0. The zero-order valence-electron chi connectivity index (χ0n) is 9.43. The molecule has 0 bridgehead atoms. The van der Waals surface area contributed by atoms with Crippen molar-refractivity contribution in [1.29, 1.82) is 5.26 Å². The molecule has 0 spiro atoms. The molecule has 0 radical (unpaired) electrons. The average molecular weight is 276 g/mol. The second-order valence-corrected chi connectivity index (χ2v) is 5.16. The molecule has 0 heterocycles. The quantitative estimate of drug-likeness (QED) is 0.854. The van der Waals surface area contributed by atoms with Gasteiger partial charge in [0.25, 0.3) is 0 Å². The van der Waals surface area contributed by atoms with E-state index in [2.05, 4.69) is 6.07 Å². The van der Waals surface area contributed by atoms with Gasteiger partial charge in [-0.15, -0.1) is 11.8 Å². The number of nitrogens with zero attached hydrogens (tertiary/aromatic N) is 1. The van der Waals surface area contributed by atoms with Crippen LogP contribution >= 0.6 is 23.4 Å². The van der Waals surface area contributed by atoms with E-state index < -0.39 is 0 Å². The third-order valence-corrected chi connectivity index (χ3v) is 3.83. The van der Waals surface area contributed by atoms with Crippen LogP contribution in [0.4, 0.5) is 0 Å². The highest BCUT2D eigenvalue weighted by atomic mass is 35.5. The van der Waals surface area contributed by atoms with Crippen molar-refractivity contribution in [3.8, 4) is 11.8 Å². The Morgan fingerprint density at radius 1 is 1.17 bits per heavy atom. The van der Waals surface area contributed by atoms with Crippen LogP contribution in [0.1, 0.15) is 11.1 Å². The van der Waals surface area contributed by atoms with Crippen molar-refractivity contribution in [3.63, 3.8) is 0 Å². The molecule has 0 saturated heterocycles. The fourth-order valence-corrected chi connectivity index (χ4v) is 2.67. The van der Waals surface area contributed by atoms with E-state index in [1.165, 1.54) is 0 Å². The second kappa shape index (κ2) is 5.81. The van der Waals surface area contributed by atoms with Gasteiger partial charge in [-0.25, -0.2) is 0 Å². The molecule has 1 N–H and O–H groups in total. The Morgan fingerprint density at radius 3 is 2.50 bits per heavy atom. The number of benzene rings is 2. The summed E-state index contributed by atoms with van der Waals surface area (Å²) in [5, 5.41) is 18.5. The molecular weight excluding hydrogens is 266 g/mol. The average Bonchev–Trinajstić information content (AvgIpc) is 2.39. The molecule has 2 aromatic carbocycles. The molecular formula is C14H10ClNOS. The van der Waals surface area contributed by atoms with E-state index in [1.807, 2.05) is 18.2 Å². The van der Waals surface area contributed by atoms with Gasteiger partial charge in [-0.05, 0) is 42.0 Å². The van der Waals surface area contributed by atoms with Gasteiger partial charge in [0.05, 0.1) is 11.6 Å². The second-order valence-electron chi connectivity index (χ2n) is 3.70. The summed E-state index contributed by atoms with van der Waals surface area (Å²) in [4.78, 5) is 1.06. The number of halogens is 1. The summed E-state index contributed by atoms with van der Waals surface area (Å²) < 4.78 is 0. The maximum Gasteiger partial charge on any atom is 0.115 e. The predicted octanol–water partition coefficient (Wildman–Crippen LogP) is 4.21. The fourth-order valence-electron chi connectivity index (χ4n) is 1.44. The van der Waals surface area contributed by atoms with Crippen molar-refractivity contribution in [3.05, 3.63) is 58.6 Å². The Bertz CT molecular complexity index is 590. The molecule has 0 unspecified atom stereocenters. The maximum absolute atomic E-state index is 9.18. The van der Waals surface area contributed by atoms with Gasteiger partial charge >= 0.3 is 0 Å². The van der Waals surface area contributed by atoms with Crippen LogP contribution in [0, 0.1) is 11.3 Å². The van der Waals surface area contributed by atoms with E-state index in [0.29, 0.717) is 10.6 Å². The van der Waals surface area contributed by atoms with Gasteiger partial charge < -0.3 is 5.11 Å². The number of thioether (sulfide) groups is 1. The van der Waals surface area contributed by atoms with E-state index >= 15 is 0 Å². The normalized spacial score (nSPS) is 10.0. The molecule has 0 amide bonds. The molecule has 0 aromatic heterocycles. The first-order valence-electron chi connectivity index (χ1n) is 5.29. The van der Waals surface area contributed by atoms with Gasteiger partial charge in [-0.1, -0.05) is 17.7 Å². The number of hydrogen-bond donors (Lipinski definition) is 1. The van der Waals surface area contributed by atoms with E-state index in [9.17, 15) is 5.11 Å². The molecule has 2 nitrogen and oxygen atoms in total. The summed E-state index contributed by atoms with van der Waals surface area (Å²) in [5.41, 5.74) is 1.56. The number of rotatable bonds is 3. The third kappa shape index (κ3) is 3.19. The minimum Gasteiger partial charge on any atom is -0.508 e. The third-order valence-electron chi connectivity index (χ3n) is 2.41. The molecule has 18 heavy (non-hydrogen) atoms. The molecule has 0 aliphatic heterocycles. The van der Waals surface area contributed by atoms with Crippen molar-refractivity contribution >= 4 is 23.4 Å². The van der Waals surface area contributed by atoms with Crippen LogP contribution < -0.4 is 0 Å². The first kappa shape index (κ1) is 12.8. The van der Waals surface area contributed by atoms with E-state index in [1.54, 1.807) is 36.0 Å². The molecule has 2 rings (SSSR count). The van der Waals surface area contributed by atoms with Crippen molar-refractivity contribution in [2.24, 2.45) is 0 Å². The largest absolute Gasteiger partial charge is 0.508 e. The smallest absolute Gasteiger partial charge is 0.115 e. The number of phenolic OH excluding ortho intramolecular Hbond substituents is 1. The lowest BCUT2D eigenvalue weighted by Crippen LogP contribution is -1.84. The van der Waals surface area contributed by atoms with Crippen molar-refractivity contribution in [2.45, 2.75) is 10.6 Å². The van der Waals surface area contributed by atoms with Gasteiger partial charge in [0, 0.05) is 15.7 Å². The Morgan fingerprint density at radius 2 is 1.89 bits per heavy atom. The highest BCUT2D eigenvalue weighted by molar-refractivity contribution is 7.98. The van der Waals surface area contributed by atoms with Crippen LogP contribution in [-0.2, 0) is 5.75 Å². The molecule has 2 aromatic rings. The minimum absolute atomic E-state index is 0.260. The maximum atomic E-state index is 9.18. The summed E-state index contributed by atoms with van der Waals surface area (Å²) in [5.74, 6) is 0.991. The fraction of sp³-hybridized carbons (Fsp3) is 0.0714. The lowest BCUT2D eigenvalue weighted by atomic mass is 10.2. The van der Waals surface area contributed by atoms with Crippen LogP contribution in [0.5, 0.6) is 5.75 Å². The Kier molecular flexibility index (Phi) is 4.14. The summed E-state index contributed by atoms with van der Waals surface area (Å²) in [6.45, 7) is 0. The van der Waals surface area contributed by atoms with Crippen LogP contribution in [0.2, 0.25) is 5.02 Å². The topological polar surface area (TPSA) is 44.0 Å². The highest BCUT2D eigenvalue weighted by Gasteiger charge is 2.03.